The lowest BCUT2D eigenvalue weighted by Gasteiger charge is -2.18. The van der Waals surface area contributed by atoms with E-state index in [0.717, 1.165) is 32.6 Å². The lowest BCUT2D eigenvalue weighted by atomic mass is 10.1. The number of carbonyl (C=O) groups is 1. The molecular formula is C13H27N3O. The summed E-state index contributed by atoms with van der Waals surface area (Å²) in [5.74, 6) is 0.723. The van der Waals surface area contributed by atoms with Gasteiger partial charge in [-0.1, -0.05) is 13.8 Å². The molecule has 0 aromatic carbocycles. The van der Waals surface area contributed by atoms with Crippen molar-refractivity contribution in [2.24, 2.45) is 11.7 Å². The summed E-state index contributed by atoms with van der Waals surface area (Å²) in [6, 6.07) is 0.0813. The number of nitrogens with one attached hydrogen (secondary N) is 1. The molecule has 4 nitrogen and oxygen atoms in total. The van der Waals surface area contributed by atoms with Crippen molar-refractivity contribution < 1.29 is 4.79 Å². The zero-order valence-electron chi connectivity index (χ0n) is 11.2. The van der Waals surface area contributed by atoms with Crippen molar-refractivity contribution in [1.82, 2.24) is 10.2 Å². The molecule has 1 atom stereocenters. The van der Waals surface area contributed by atoms with Gasteiger partial charge in [0.25, 0.3) is 0 Å². The van der Waals surface area contributed by atoms with Gasteiger partial charge >= 0.3 is 0 Å². The van der Waals surface area contributed by atoms with E-state index < -0.39 is 0 Å². The zero-order valence-corrected chi connectivity index (χ0v) is 11.2. The molecule has 1 aliphatic rings. The minimum absolute atomic E-state index is 0.0813. The molecule has 0 bridgehead atoms. The Labute approximate surface area is 105 Å². The van der Waals surface area contributed by atoms with E-state index in [0.29, 0.717) is 12.3 Å². The van der Waals surface area contributed by atoms with Gasteiger partial charge in [0, 0.05) is 19.0 Å². The first kappa shape index (κ1) is 14.5. The first-order valence-electron chi connectivity index (χ1n) is 6.92. The number of rotatable bonds is 9. The molecule has 3 N–H and O–H groups in total. The normalized spacial score (nSPS) is 17.2. The second-order valence-corrected chi connectivity index (χ2v) is 4.94. The molecule has 1 saturated carbocycles. The molecule has 17 heavy (non-hydrogen) atoms. The SMILES string of the molecule is CCN(CC)CCCNC(=O)CC(N)C1CC1. The Hall–Kier alpha value is -0.610. The third-order valence-electron chi connectivity index (χ3n) is 3.52. The molecule has 0 spiro atoms. The minimum atomic E-state index is 0.0813. The highest BCUT2D eigenvalue weighted by Crippen LogP contribution is 2.32. The van der Waals surface area contributed by atoms with Crippen molar-refractivity contribution in [3.63, 3.8) is 0 Å². The van der Waals surface area contributed by atoms with Gasteiger partial charge < -0.3 is 16.0 Å². The van der Waals surface area contributed by atoms with Crippen LogP contribution in [-0.2, 0) is 4.79 Å². The van der Waals surface area contributed by atoms with Crippen LogP contribution in [0, 0.1) is 5.92 Å². The molecule has 1 aliphatic carbocycles. The van der Waals surface area contributed by atoms with Crippen LogP contribution in [0.4, 0.5) is 0 Å². The van der Waals surface area contributed by atoms with E-state index in [2.05, 4.69) is 24.1 Å². The van der Waals surface area contributed by atoms with E-state index in [1.807, 2.05) is 0 Å². The van der Waals surface area contributed by atoms with Gasteiger partial charge in [-0.05, 0) is 44.8 Å². The van der Waals surface area contributed by atoms with Crippen LogP contribution in [0.25, 0.3) is 0 Å². The summed E-state index contributed by atoms with van der Waals surface area (Å²) in [4.78, 5) is 13.9. The largest absolute Gasteiger partial charge is 0.356 e. The number of carbonyl (C=O) groups excluding carboxylic acids is 1. The van der Waals surface area contributed by atoms with Crippen molar-refractivity contribution in [1.29, 1.82) is 0 Å². The fourth-order valence-corrected chi connectivity index (χ4v) is 2.05. The summed E-state index contributed by atoms with van der Waals surface area (Å²) >= 11 is 0. The van der Waals surface area contributed by atoms with E-state index in [-0.39, 0.29) is 11.9 Å². The average Bonchev–Trinajstić information content (AvgIpc) is 3.13. The molecular weight excluding hydrogens is 214 g/mol. The third-order valence-corrected chi connectivity index (χ3v) is 3.52. The fourth-order valence-electron chi connectivity index (χ4n) is 2.05. The number of nitrogens with zero attached hydrogens (tertiary/aromatic N) is 1. The highest BCUT2D eigenvalue weighted by molar-refractivity contribution is 5.76. The van der Waals surface area contributed by atoms with Gasteiger partial charge in [0.15, 0.2) is 0 Å². The maximum atomic E-state index is 11.6. The predicted octanol–water partition coefficient (Wildman–Crippen LogP) is 0.962. The molecule has 0 radical (unpaired) electrons. The number of nitrogens with two attached hydrogens (primary N) is 1. The van der Waals surface area contributed by atoms with Crippen molar-refractivity contribution in [3.8, 4) is 0 Å². The number of hydrogen-bond donors (Lipinski definition) is 2. The molecule has 100 valence electrons. The first-order valence-corrected chi connectivity index (χ1v) is 6.92. The van der Waals surface area contributed by atoms with Crippen molar-refractivity contribution >= 4 is 5.91 Å². The van der Waals surface area contributed by atoms with Gasteiger partial charge in [0.2, 0.25) is 5.91 Å². The zero-order chi connectivity index (χ0) is 12.7. The summed E-state index contributed by atoms with van der Waals surface area (Å²) in [5, 5.41) is 2.95. The first-order chi connectivity index (χ1) is 8.17. The summed E-state index contributed by atoms with van der Waals surface area (Å²) < 4.78 is 0. The van der Waals surface area contributed by atoms with E-state index in [4.69, 9.17) is 5.73 Å². The van der Waals surface area contributed by atoms with E-state index >= 15 is 0 Å². The van der Waals surface area contributed by atoms with Crippen LogP contribution in [0.1, 0.15) is 39.5 Å². The van der Waals surface area contributed by atoms with Crippen molar-refractivity contribution in [2.75, 3.05) is 26.2 Å². The minimum Gasteiger partial charge on any atom is -0.356 e. The smallest absolute Gasteiger partial charge is 0.221 e. The molecule has 0 saturated heterocycles. The van der Waals surface area contributed by atoms with Crippen LogP contribution in [-0.4, -0.2) is 43.0 Å². The Morgan fingerprint density at radius 3 is 2.59 bits per heavy atom. The molecule has 1 fully saturated rings. The Morgan fingerprint density at radius 1 is 1.41 bits per heavy atom. The topological polar surface area (TPSA) is 58.4 Å². The van der Waals surface area contributed by atoms with E-state index in [9.17, 15) is 4.79 Å². The molecule has 1 unspecified atom stereocenters. The standard InChI is InChI=1S/C13H27N3O/c1-3-16(4-2)9-5-8-15-13(17)10-12(14)11-6-7-11/h11-12H,3-10,14H2,1-2H3,(H,15,17). The molecule has 0 aliphatic heterocycles. The van der Waals surface area contributed by atoms with Crippen LogP contribution in [0.15, 0.2) is 0 Å². The lowest BCUT2D eigenvalue weighted by Crippen LogP contribution is -2.34. The van der Waals surface area contributed by atoms with Crippen LogP contribution >= 0.6 is 0 Å². The Morgan fingerprint density at radius 2 is 2.06 bits per heavy atom. The second kappa shape index (κ2) is 7.67. The quantitative estimate of drug-likeness (QED) is 0.591. The summed E-state index contributed by atoms with van der Waals surface area (Å²) in [7, 11) is 0. The fraction of sp³-hybridized carbons (Fsp3) is 0.923. The monoisotopic (exact) mass is 241 g/mol. The molecule has 0 aromatic rings. The van der Waals surface area contributed by atoms with Gasteiger partial charge in [-0.2, -0.15) is 0 Å². The summed E-state index contributed by atoms with van der Waals surface area (Å²) in [6.45, 7) is 8.32. The average molecular weight is 241 g/mol. The van der Waals surface area contributed by atoms with Gasteiger partial charge in [0.1, 0.15) is 0 Å². The van der Waals surface area contributed by atoms with Crippen LogP contribution < -0.4 is 11.1 Å². The maximum Gasteiger partial charge on any atom is 0.221 e. The van der Waals surface area contributed by atoms with Crippen molar-refractivity contribution in [3.05, 3.63) is 0 Å². The van der Waals surface area contributed by atoms with Gasteiger partial charge in [-0.15, -0.1) is 0 Å². The van der Waals surface area contributed by atoms with Gasteiger partial charge in [0.05, 0.1) is 0 Å². The summed E-state index contributed by atoms with van der Waals surface area (Å²) in [6.07, 6.45) is 3.93. The lowest BCUT2D eigenvalue weighted by molar-refractivity contribution is -0.121. The molecule has 1 rings (SSSR count). The predicted molar refractivity (Wildman–Crippen MR) is 70.7 cm³/mol. The number of amides is 1. The van der Waals surface area contributed by atoms with Crippen molar-refractivity contribution in [2.45, 2.75) is 45.6 Å². The molecule has 0 aromatic heterocycles. The Kier molecular flexibility index (Phi) is 6.52. The highest BCUT2D eigenvalue weighted by Gasteiger charge is 2.29. The van der Waals surface area contributed by atoms with Crippen LogP contribution in [0.3, 0.4) is 0 Å². The van der Waals surface area contributed by atoms with Crippen LogP contribution in [0.2, 0.25) is 0 Å². The molecule has 1 amide bonds. The van der Waals surface area contributed by atoms with Gasteiger partial charge in [-0.25, -0.2) is 0 Å². The van der Waals surface area contributed by atoms with Crippen LogP contribution in [0.5, 0.6) is 0 Å². The maximum absolute atomic E-state index is 11.6. The van der Waals surface area contributed by atoms with E-state index in [1.54, 1.807) is 0 Å². The Bertz CT molecular complexity index is 225. The Balaban J connectivity index is 1.99. The van der Waals surface area contributed by atoms with Gasteiger partial charge in [-0.3, -0.25) is 4.79 Å². The third kappa shape index (κ3) is 6.03. The summed E-state index contributed by atoms with van der Waals surface area (Å²) in [5.41, 5.74) is 5.91. The highest BCUT2D eigenvalue weighted by atomic mass is 16.1. The molecule has 4 heteroatoms. The number of hydrogen-bond acceptors (Lipinski definition) is 3. The second-order valence-electron chi connectivity index (χ2n) is 4.94. The van der Waals surface area contributed by atoms with E-state index in [1.165, 1.54) is 12.8 Å². The molecule has 0 heterocycles.